The number of aromatic nitrogens is 1. The summed E-state index contributed by atoms with van der Waals surface area (Å²) in [5.74, 6) is 0. The Balaban J connectivity index is 1.99. The molecule has 4 heteroatoms. The van der Waals surface area contributed by atoms with Crippen molar-refractivity contribution in [2.24, 2.45) is 0 Å². The maximum Gasteiger partial charge on any atom is 0.125 e. The topological polar surface area (TPSA) is 12.9 Å². The average Bonchev–Trinajstić information content (AvgIpc) is 2.98. The van der Waals surface area contributed by atoms with Gasteiger partial charge in [0.2, 0.25) is 0 Å². The third-order valence-corrected chi connectivity index (χ3v) is 5.00. The van der Waals surface area contributed by atoms with E-state index in [0.717, 1.165) is 20.7 Å². The summed E-state index contributed by atoms with van der Waals surface area (Å²) in [5.41, 5.74) is 4.77. The van der Waals surface area contributed by atoms with Crippen molar-refractivity contribution >= 4 is 38.6 Å². The molecule has 0 spiro atoms. The van der Waals surface area contributed by atoms with Crippen LogP contribution in [0.3, 0.4) is 0 Å². The minimum absolute atomic E-state index is 1.05. The molecule has 0 aliphatic carbocycles. The Morgan fingerprint density at radius 3 is 2.50 bits per heavy atom. The lowest BCUT2D eigenvalue weighted by Crippen LogP contribution is -1.79. The van der Waals surface area contributed by atoms with Gasteiger partial charge in [-0.3, -0.25) is 0 Å². The molecule has 0 N–H and O–H groups in total. The van der Waals surface area contributed by atoms with Gasteiger partial charge in [-0.1, -0.05) is 28.1 Å². The second-order valence-electron chi connectivity index (χ2n) is 4.01. The van der Waals surface area contributed by atoms with Gasteiger partial charge in [0.25, 0.3) is 0 Å². The second kappa shape index (κ2) is 4.96. The molecular formula is C14H10BrNS2. The molecule has 1 aromatic carbocycles. The molecule has 0 aliphatic heterocycles. The molecule has 0 aliphatic rings. The first-order valence-corrected chi connectivity index (χ1v) is 8.10. The van der Waals surface area contributed by atoms with E-state index in [9.17, 15) is 0 Å². The van der Waals surface area contributed by atoms with E-state index in [1.807, 2.05) is 12.1 Å². The quantitative estimate of drug-likeness (QED) is 0.593. The molecule has 3 rings (SSSR count). The van der Waals surface area contributed by atoms with Crippen LogP contribution >= 0.6 is 38.6 Å². The Labute approximate surface area is 122 Å². The van der Waals surface area contributed by atoms with E-state index in [-0.39, 0.29) is 0 Å². The fourth-order valence-electron chi connectivity index (χ4n) is 1.73. The summed E-state index contributed by atoms with van der Waals surface area (Å²) in [6, 6.07) is 8.27. The van der Waals surface area contributed by atoms with Gasteiger partial charge in [0.1, 0.15) is 5.01 Å². The standard InChI is InChI=1S/C14H10BrNS2/c1-9-6-17-7-12(9)14-16-13(8-18-14)10-2-4-11(15)5-3-10/h2-8H,1H3. The predicted molar refractivity (Wildman–Crippen MR) is 83.3 cm³/mol. The molecule has 0 saturated heterocycles. The van der Waals surface area contributed by atoms with Crippen molar-refractivity contribution in [2.45, 2.75) is 6.92 Å². The fourth-order valence-corrected chi connectivity index (χ4v) is 3.81. The molecule has 2 aromatic heterocycles. The summed E-state index contributed by atoms with van der Waals surface area (Å²) in [6.07, 6.45) is 0. The van der Waals surface area contributed by atoms with Gasteiger partial charge in [-0.05, 0) is 30.0 Å². The van der Waals surface area contributed by atoms with Gasteiger partial charge in [0, 0.05) is 26.4 Å². The van der Waals surface area contributed by atoms with E-state index in [4.69, 9.17) is 4.98 Å². The molecule has 90 valence electrons. The third kappa shape index (κ3) is 2.28. The van der Waals surface area contributed by atoms with Gasteiger partial charge >= 0.3 is 0 Å². The van der Waals surface area contributed by atoms with Crippen molar-refractivity contribution in [3.63, 3.8) is 0 Å². The van der Waals surface area contributed by atoms with Crippen LogP contribution in [-0.2, 0) is 0 Å². The van der Waals surface area contributed by atoms with Gasteiger partial charge in [-0.25, -0.2) is 4.98 Å². The summed E-state index contributed by atoms with van der Waals surface area (Å²) in [4.78, 5) is 4.72. The normalized spacial score (nSPS) is 10.8. The zero-order valence-corrected chi connectivity index (χ0v) is 12.9. The van der Waals surface area contributed by atoms with Crippen LogP contribution in [0.2, 0.25) is 0 Å². The number of nitrogens with zero attached hydrogens (tertiary/aromatic N) is 1. The maximum atomic E-state index is 4.72. The van der Waals surface area contributed by atoms with Crippen LogP contribution in [0.15, 0.2) is 44.9 Å². The van der Waals surface area contributed by atoms with Crippen LogP contribution in [-0.4, -0.2) is 4.98 Å². The first-order chi connectivity index (χ1) is 8.74. The highest BCUT2D eigenvalue weighted by atomic mass is 79.9. The van der Waals surface area contributed by atoms with Crippen LogP contribution in [0.1, 0.15) is 5.56 Å². The largest absolute Gasteiger partial charge is 0.236 e. The molecular weight excluding hydrogens is 326 g/mol. The molecule has 0 radical (unpaired) electrons. The van der Waals surface area contributed by atoms with Crippen LogP contribution in [0.25, 0.3) is 21.8 Å². The van der Waals surface area contributed by atoms with Crippen molar-refractivity contribution in [3.8, 4) is 21.8 Å². The van der Waals surface area contributed by atoms with Gasteiger partial charge in [0.15, 0.2) is 0 Å². The highest BCUT2D eigenvalue weighted by Gasteiger charge is 2.09. The van der Waals surface area contributed by atoms with Crippen molar-refractivity contribution < 1.29 is 0 Å². The predicted octanol–water partition coefficient (Wildman–Crippen LogP) is 5.61. The lowest BCUT2D eigenvalue weighted by molar-refractivity contribution is 1.39. The minimum Gasteiger partial charge on any atom is -0.236 e. The number of halogens is 1. The first-order valence-electron chi connectivity index (χ1n) is 5.48. The van der Waals surface area contributed by atoms with Crippen LogP contribution in [0.4, 0.5) is 0 Å². The molecule has 0 atom stereocenters. The lowest BCUT2D eigenvalue weighted by atomic mass is 10.2. The van der Waals surface area contributed by atoms with Gasteiger partial charge in [0.05, 0.1) is 5.69 Å². The molecule has 0 unspecified atom stereocenters. The molecule has 18 heavy (non-hydrogen) atoms. The zero-order chi connectivity index (χ0) is 12.5. The Bertz CT molecular complexity index is 667. The maximum absolute atomic E-state index is 4.72. The Hall–Kier alpha value is -0.970. The molecule has 2 heterocycles. The summed E-state index contributed by atoms with van der Waals surface area (Å²) in [7, 11) is 0. The fraction of sp³-hybridized carbons (Fsp3) is 0.0714. The molecule has 0 bridgehead atoms. The summed E-state index contributed by atoms with van der Waals surface area (Å²) >= 11 is 6.88. The SMILES string of the molecule is Cc1cscc1-c1nc(-c2ccc(Br)cc2)cs1. The number of thiazole rings is 1. The van der Waals surface area contributed by atoms with Crippen molar-refractivity contribution in [3.05, 3.63) is 50.4 Å². The minimum atomic E-state index is 1.05. The van der Waals surface area contributed by atoms with Crippen molar-refractivity contribution in [1.29, 1.82) is 0 Å². The molecule has 0 saturated carbocycles. The average molecular weight is 336 g/mol. The number of thiophene rings is 1. The Morgan fingerprint density at radius 1 is 1.06 bits per heavy atom. The number of hydrogen-bond acceptors (Lipinski definition) is 3. The highest BCUT2D eigenvalue weighted by molar-refractivity contribution is 9.10. The van der Waals surface area contributed by atoms with E-state index >= 15 is 0 Å². The Kier molecular flexibility index (Phi) is 3.33. The van der Waals surface area contributed by atoms with E-state index < -0.39 is 0 Å². The van der Waals surface area contributed by atoms with Gasteiger partial charge in [-0.15, -0.1) is 11.3 Å². The van der Waals surface area contributed by atoms with Crippen molar-refractivity contribution in [2.75, 3.05) is 0 Å². The number of hydrogen-bond donors (Lipinski definition) is 0. The highest BCUT2D eigenvalue weighted by Crippen LogP contribution is 2.32. The smallest absolute Gasteiger partial charge is 0.125 e. The third-order valence-electron chi connectivity index (χ3n) is 2.73. The molecule has 1 nitrogen and oxygen atoms in total. The summed E-state index contributed by atoms with van der Waals surface area (Å²) < 4.78 is 1.09. The monoisotopic (exact) mass is 335 g/mol. The van der Waals surface area contributed by atoms with Crippen molar-refractivity contribution in [1.82, 2.24) is 4.98 Å². The second-order valence-corrected chi connectivity index (χ2v) is 6.53. The first kappa shape index (κ1) is 12.1. The van der Waals surface area contributed by atoms with E-state index in [0.29, 0.717) is 0 Å². The van der Waals surface area contributed by atoms with Crippen LogP contribution in [0.5, 0.6) is 0 Å². The number of aryl methyl sites for hydroxylation is 1. The Morgan fingerprint density at radius 2 is 1.83 bits per heavy atom. The summed E-state index contributed by atoms with van der Waals surface area (Å²) in [5, 5.41) is 7.55. The number of benzene rings is 1. The van der Waals surface area contributed by atoms with Gasteiger partial charge in [-0.2, -0.15) is 11.3 Å². The molecule has 0 fully saturated rings. The summed E-state index contributed by atoms with van der Waals surface area (Å²) in [6.45, 7) is 2.13. The van der Waals surface area contributed by atoms with Crippen LogP contribution in [0, 0.1) is 6.92 Å². The lowest BCUT2D eigenvalue weighted by Gasteiger charge is -1.96. The number of rotatable bonds is 2. The van der Waals surface area contributed by atoms with Crippen LogP contribution < -0.4 is 0 Å². The van der Waals surface area contributed by atoms with Gasteiger partial charge < -0.3 is 0 Å². The molecule has 0 amide bonds. The zero-order valence-electron chi connectivity index (χ0n) is 9.68. The van der Waals surface area contributed by atoms with E-state index in [1.54, 1.807) is 22.7 Å². The van der Waals surface area contributed by atoms with E-state index in [1.165, 1.54) is 11.1 Å². The molecule has 3 aromatic rings. The van der Waals surface area contributed by atoms with E-state index in [2.05, 4.69) is 51.1 Å².